The van der Waals surface area contributed by atoms with E-state index < -0.39 is 12.2 Å². The molecule has 12 heteroatoms. The number of rotatable bonds is 5. The molecule has 1 fully saturated rings. The third-order valence-electron chi connectivity index (χ3n) is 5.48. The normalized spacial score (nSPS) is 14.6. The zero-order valence-electron chi connectivity index (χ0n) is 18.1. The minimum atomic E-state index is -4.83. The van der Waals surface area contributed by atoms with Gasteiger partial charge in [0.05, 0.1) is 12.8 Å². The average Bonchev–Trinajstić information content (AvgIpc) is 2.83. The van der Waals surface area contributed by atoms with Crippen LogP contribution >= 0.6 is 0 Å². The highest BCUT2D eigenvalue weighted by Gasteiger charge is 2.32. The number of ether oxygens (including phenoxy) is 2. The second kappa shape index (κ2) is 9.49. The van der Waals surface area contributed by atoms with Crippen molar-refractivity contribution in [1.82, 2.24) is 25.1 Å². The number of halogens is 3. The first kappa shape index (κ1) is 23.2. The van der Waals surface area contributed by atoms with Gasteiger partial charge in [-0.1, -0.05) is 0 Å². The molecule has 1 aliphatic heterocycles. The van der Waals surface area contributed by atoms with Crippen LogP contribution < -0.4 is 15.2 Å². The summed E-state index contributed by atoms with van der Waals surface area (Å²) in [4.78, 5) is 22.7. The van der Waals surface area contributed by atoms with Crippen LogP contribution in [0.25, 0.3) is 11.1 Å². The number of alkyl halides is 3. The number of likely N-dealkylation sites (tertiary alicyclic amines) is 1. The molecule has 9 nitrogen and oxygen atoms in total. The predicted octanol–water partition coefficient (Wildman–Crippen LogP) is 3.44. The fraction of sp³-hybridized carbons (Fsp3) is 0.318. The Bertz CT molecular complexity index is 1150. The number of nitrogens with zero attached hydrogens (tertiary/aromatic N) is 5. The van der Waals surface area contributed by atoms with Gasteiger partial charge in [0.1, 0.15) is 17.3 Å². The molecule has 0 saturated carbocycles. The molecule has 34 heavy (non-hydrogen) atoms. The molecule has 0 radical (unpaired) electrons. The molecule has 4 heterocycles. The molecular formula is C22H21F3N6O3. The average molecular weight is 474 g/mol. The lowest BCUT2D eigenvalue weighted by Gasteiger charge is -2.31. The molecule has 0 bridgehead atoms. The molecule has 1 aliphatic rings. The molecule has 0 atom stereocenters. The van der Waals surface area contributed by atoms with Crippen molar-refractivity contribution in [3.63, 3.8) is 0 Å². The Kier molecular flexibility index (Phi) is 6.48. The first-order valence-corrected chi connectivity index (χ1v) is 10.4. The van der Waals surface area contributed by atoms with Crippen LogP contribution in [0.1, 0.15) is 34.9 Å². The number of aromatic nitrogens is 4. The summed E-state index contributed by atoms with van der Waals surface area (Å²) in [5, 5.41) is 8.03. The van der Waals surface area contributed by atoms with Crippen LogP contribution in [-0.4, -0.2) is 57.5 Å². The Hall–Kier alpha value is -3.96. The van der Waals surface area contributed by atoms with Gasteiger partial charge in [-0.3, -0.25) is 9.78 Å². The van der Waals surface area contributed by atoms with Gasteiger partial charge < -0.3 is 20.1 Å². The molecule has 1 saturated heterocycles. The van der Waals surface area contributed by atoms with Crippen LogP contribution in [0.15, 0.2) is 42.7 Å². The Morgan fingerprint density at radius 2 is 1.85 bits per heavy atom. The van der Waals surface area contributed by atoms with Crippen molar-refractivity contribution in [1.29, 1.82) is 0 Å². The van der Waals surface area contributed by atoms with Gasteiger partial charge in [0, 0.05) is 54.7 Å². The highest BCUT2D eigenvalue weighted by Crippen LogP contribution is 2.32. The van der Waals surface area contributed by atoms with Crippen molar-refractivity contribution >= 4 is 11.7 Å². The third kappa shape index (κ3) is 5.33. The molecule has 1 amide bonds. The van der Waals surface area contributed by atoms with Gasteiger partial charge in [-0.15, -0.1) is 18.3 Å². The molecular weight excluding hydrogens is 453 g/mol. The number of methoxy groups -OCH3 is 1. The monoisotopic (exact) mass is 474 g/mol. The number of nitrogen functional groups attached to an aromatic ring is 1. The van der Waals surface area contributed by atoms with Crippen LogP contribution in [0.4, 0.5) is 19.0 Å². The summed E-state index contributed by atoms with van der Waals surface area (Å²) < 4.78 is 46.2. The summed E-state index contributed by atoms with van der Waals surface area (Å²) in [5.41, 5.74) is 7.59. The van der Waals surface area contributed by atoms with Crippen LogP contribution in [0.2, 0.25) is 0 Å². The van der Waals surface area contributed by atoms with E-state index in [9.17, 15) is 18.0 Å². The number of carbonyl (C=O) groups is 1. The van der Waals surface area contributed by atoms with Crippen LogP contribution in [0.3, 0.4) is 0 Å². The summed E-state index contributed by atoms with van der Waals surface area (Å²) >= 11 is 0. The lowest BCUT2D eigenvalue weighted by molar-refractivity contribution is -0.276. The highest BCUT2D eigenvalue weighted by molar-refractivity contribution is 5.93. The molecule has 3 aromatic heterocycles. The topological polar surface area (TPSA) is 116 Å². The number of nitrogens with two attached hydrogens (primary N) is 1. The van der Waals surface area contributed by atoms with E-state index in [0.717, 1.165) is 24.6 Å². The van der Waals surface area contributed by atoms with Crippen molar-refractivity contribution in [2.45, 2.75) is 25.1 Å². The molecule has 178 valence electrons. The van der Waals surface area contributed by atoms with E-state index in [1.807, 2.05) is 6.07 Å². The summed E-state index contributed by atoms with van der Waals surface area (Å²) in [6.45, 7) is 1.07. The largest absolute Gasteiger partial charge is 0.574 e. The second-order valence-corrected chi connectivity index (χ2v) is 7.65. The van der Waals surface area contributed by atoms with Crippen molar-refractivity contribution < 1.29 is 27.4 Å². The number of pyridine rings is 2. The fourth-order valence-electron chi connectivity index (χ4n) is 3.77. The Balaban J connectivity index is 1.45. The van der Waals surface area contributed by atoms with Crippen molar-refractivity contribution in [3.05, 3.63) is 54.1 Å². The SMILES string of the molecule is COc1cc(C(=O)N2CCC(c3ccc(N)nn3)CC2)ncc1-c1ccc(OC(F)(F)F)nc1. The standard InChI is InChI=1S/C22H21F3N6O3/c1-33-18-10-17(27-12-15(18)14-2-5-20(28-11-14)34-22(23,24)25)21(32)31-8-6-13(7-9-31)16-3-4-19(26)30-29-16/h2-5,10-13H,6-9H2,1H3,(H2,26,30). The maximum atomic E-state index is 13.0. The van der Waals surface area contributed by atoms with Crippen LogP contribution in [0.5, 0.6) is 11.6 Å². The van der Waals surface area contributed by atoms with E-state index in [4.69, 9.17) is 10.5 Å². The van der Waals surface area contributed by atoms with E-state index in [1.54, 1.807) is 11.0 Å². The van der Waals surface area contributed by atoms with Crippen molar-refractivity contribution in [3.8, 4) is 22.8 Å². The number of amides is 1. The quantitative estimate of drug-likeness (QED) is 0.598. The molecule has 0 spiro atoms. The molecule has 0 unspecified atom stereocenters. The van der Waals surface area contributed by atoms with Gasteiger partial charge in [-0.25, -0.2) is 4.98 Å². The lowest BCUT2D eigenvalue weighted by Crippen LogP contribution is -2.38. The number of carbonyl (C=O) groups excluding carboxylic acids is 1. The number of hydrogen-bond donors (Lipinski definition) is 1. The summed E-state index contributed by atoms with van der Waals surface area (Å²) in [7, 11) is 1.43. The zero-order chi connectivity index (χ0) is 24.3. The summed E-state index contributed by atoms with van der Waals surface area (Å²) in [6, 6.07) is 7.57. The summed E-state index contributed by atoms with van der Waals surface area (Å²) in [5.74, 6) is 0.0822. The van der Waals surface area contributed by atoms with E-state index in [-0.39, 0.29) is 17.5 Å². The minimum Gasteiger partial charge on any atom is -0.496 e. The Morgan fingerprint density at radius 3 is 2.44 bits per heavy atom. The molecule has 2 N–H and O–H groups in total. The van der Waals surface area contributed by atoms with Gasteiger partial charge in [-0.2, -0.15) is 5.10 Å². The maximum absolute atomic E-state index is 13.0. The maximum Gasteiger partial charge on any atom is 0.574 e. The number of anilines is 1. The molecule has 0 aliphatic carbocycles. The lowest BCUT2D eigenvalue weighted by atomic mass is 9.93. The second-order valence-electron chi connectivity index (χ2n) is 7.65. The third-order valence-corrected chi connectivity index (χ3v) is 5.48. The summed E-state index contributed by atoms with van der Waals surface area (Å²) in [6.07, 6.45) is -0.709. The zero-order valence-corrected chi connectivity index (χ0v) is 18.1. The fourth-order valence-corrected chi connectivity index (χ4v) is 3.77. The predicted molar refractivity (Wildman–Crippen MR) is 115 cm³/mol. The highest BCUT2D eigenvalue weighted by atomic mass is 19.4. The van der Waals surface area contributed by atoms with Crippen molar-refractivity contribution in [2.75, 3.05) is 25.9 Å². The molecule has 3 aromatic rings. The molecule has 0 aromatic carbocycles. The van der Waals surface area contributed by atoms with E-state index >= 15 is 0 Å². The van der Waals surface area contributed by atoms with Gasteiger partial charge in [0.2, 0.25) is 5.88 Å². The van der Waals surface area contributed by atoms with Crippen LogP contribution in [-0.2, 0) is 0 Å². The van der Waals surface area contributed by atoms with Crippen molar-refractivity contribution in [2.24, 2.45) is 0 Å². The van der Waals surface area contributed by atoms with E-state index in [2.05, 4.69) is 24.9 Å². The smallest absolute Gasteiger partial charge is 0.496 e. The number of piperidine rings is 1. The van der Waals surface area contributed by atoms with Crippen LogP contribution in [0, 0.1) is 0 Å². The van der Waals surface area contributed by atoms with Gasteiger partial charge >= 0.3 is 6.36 Å². The first-order chi connectivity index (χ1) is 16.2. The van der Waals surface area contributed by atoms with E-state index in [1.165, 1.54) is 31.6 Å². The Labute approximate surface area is 192 Å². The van der Waals surface area contributed by atoms with Gasteiger partial charge in [0.25, 0.3) is 5.91 Å². The minimum absolute atomic E-state index is 0.193. The molecule has 4 rings (SSSR count). The van der Waals surface area contributed by atoms with Gasteiger partial charge in [0.15, 0.2) is 0 Å². The Morgan fingerprint density at radius 1 is 1.09 bits per heavy atom. The first-order valence-electron chi connectivity index (χ1n) is 10.4. The van der Waals surface area contributed by atoms with Gasteiger partial charge in [-0.05, 0) is 31.0 Å². The van der Waals surface area contributed by atoms with E-state index in [0.29, 0.717) is 35.8 Å². The number of hydrogen-bond acceptors (Lipinski definition) is 8.